The van der Waals surface area contributed by atoms with Crippen LogP contribution in [-0.2, 0) is 36.8 Å². The highest BCUT2D eigenvalue weighted by molar-refractivity contribution is 5.91. The van der Waals surface area contributed by atoms with Crippen LogP contribution in [0.4, 0.5) is 0 Å². The third-order valence-corrected chi connectivity index (χ3v) is 8.51. The zero-order valence-corrected chi connectivity index (χ0v) is 29.1. The zero-order chi connectivity index (χ0) is 35.8. The molecule has 0 aliphatic heterocycles. The average Bonchev–Trinajstić information content (AvgIpc) is 3.04. The Morgan fingerprint density at radius 2 is 1.19 bits per heavy atom. The summed E-state index contributed by atoms with van der Waals surface area (Å²) in [5.74, 6) is -4.11. The van der Waals surface area contributed by atoms with Crippen molar-refractivity contribution in [1.29, 1.82) is 0 Å². The van der Waals surface area contributed by atoms with Crippen molar-refractivity contribution in [3.63, 3.8) is 0 Å². The van der Waals surface area contributed by atoms with E-state index in [2.05, 4.69) is 21.3 Å². The maximum atomic E-state index is 13.6. The lowest BCUT2D eigenvalue weighted by Crippen LogP contribution is -2.57. The van der Waals surface area contributed by atoms with Gasteiger partial charge < -0.3 is 31.5 Å². The molecule has 48 heavy (non-hydrogen) atoms. The quantitative estimate of drug-likeness (QED) is 0.126. The van der Waals surface area contributed by atoms with Crippen LogP contribution in [0.2, 0.25) is 0 Å². The first-order valence-corrected chi connectivity index (χ1v) is 16.9. The van der Waals surface area contributed by atoms with Gasteiger partial charge in [-0.25, -0.2) is 4.79 Å². The number of aliphatic hydroxyl groups is 1. The molecule has 0 radical (unpaired) electrons. The van der Waals surface area contributed by atoms with Gasteiger partial charge in [0.05, 0.1) is 18.6 Å². The van der Waals surface area contributed by atoms with Gasteiger partial charge in [-0.05, 0) is 48.1 Å². The fourth-order valence-electron chi connectivity index (χ4n) is 5.33. The lowest BCUT2D eigenvalue weighted by molar-refractivity contribution is -0.143. The number of aliphatic hydroxyl groups excluding tert-OH is 1. The summed E-state index contributed by atoms with van der Waals surface area (Å²) in [5.41, 5.74) is 1.94. The summed E-state index contributed by atoms with van der Waals surface area (Å²) in [6.45, 7) is 10.6. The van der Waals surface area contributed by atoms with Gasteiger partial charge in [-0.15, -0.1) is 0 Å². The van der Waals surface area contributed by atoms with Gasteiger partial charge in [0.2, 0.25) is 23.6 Å². The molecule has 2 rings (SSSR count). The van der Waals surface area contributed by atoms with Crippen LogP contribution in [0.15, 0.2) is 60.7 Å². The van der Waals surface area contributed by atoms with E-state index in [1.807, 2.05) is 81.4 Å². The second-order valence-electron chi connectivity index (χ2n) is 13.2. The van der Waals surface area contributed by atoms with Crippen LogP contribution in [0.25, 0.3) is 0 Å². The first kappa shape index (κ1) is 39.9. The molecular weight excluding hydrogens is 612 g/mol. The molecule has 4 amide bonds. The standard InChI is InChI=1S/C37H54N4O7/c1-7-25(6)34(36(46)41-33(24(4)5)37(47)48)40-31(44)22-29(42)28(21-27-17-12-9-13-18-27)38-35(45)32(23(2)3)39-30(43)20-14-19-26-15-10-8-11-16-26/h8-13,15-18,23-25,28-29,32-34,42H,7,14,19-22H2,1-6H3,(H,38,45)(H,39,43)(H,40,44)(H,41,46)(H,47,48)/t25-,28?,29?,32-,33-,34-/m0/s1. The van der Waals surface area contributed by atoms with Crippen LogP contribution < -0.4 is 21.3 Å². The van der Waals surface area contributed by atoms with Gasteiger partial charge in [0.25, 0.3) is 0 Å². The van der Waals surface area contributed by atoms with Gasteiger partial charge in [-0.3, -0.25) is 19.2 Å². The molecule has 0 saturated carbocycles. The Hall–Kier alpha value is -4.25. The van der Waals surface area contributed by atoms with E-state index in [4.69, 9.17) is 0 Å². The van der Waals surface area contributed by atoms with Crippen LogP contribution in [0.5, 0.6) is 0 Å². The molecule has 11 heteroatoms. The summed E-state index contributed by atoms with van der Waals surface area (Å²) >= 11 is 0. The number of benzene rings is 2. The number of carboxylic acid groups (broad SMARTS) is 1. The minimum Gasteiger partial charge on any atom is -0.480 e. The Morgan fingerprint density at radius 1 is 0.667 bits per heavy atom. The zero-order valence-electron chi connectivity index (χ0n) is 29.1. The first-order chi connectivity index (χ1) is 22.7. The molecule has 0 fully saturated rings. The number of aryl methyl sites for hydroxylation is 1. The number of hydrogen-bond acceptors (Lipinski definition) is 6. The van der Waals surface area contributed by atoms with Crippen molar-refractivity contribution in [1.82, 2.24) is 21.3 Å². The molecule has 0 saturated heterocycles. The molecule has 6 N–H and O–H groups in total. The average molecular weight is 667 g/mol. The molecule has 0 spiro atoms. The Balaban J connectivity index is 2.14. The van der Waals surface area contributed by atoms with Crippen LogP contribution in [0.1, 0.15) is 78.4 Å². The fraction of sp³-hybridized carbons (Fsp3) is 0.541. The molecule has 0 aliphatic rings. The summed E-state index contributed by atoms with van der Waals surface area (Å²) in [5, 5.41) is 31.8. The van der Waals surface area contributed by atoms with Crippen LogP contribution in [0, 0.1) is 17.8 Å². The van der Waals surface area contributed by atoms with Crippen molar-refractivity contribution < 1.29 is 34.2 Å². The smallest absolute Gasteiger partial charge is 0.326 e. The van der Waals surface area contributed by atoms with E-state index in [1.54, 1.807) is 20.8 Å². The SMILES string of the molecule is CC[C@H](C)[C@H](NC(=O)CC(O)C(Cc1ccccc1)NC(=O)[C@@H](NC(=O)CCCc1ccccc1)C(C)C)C(=O)N[C@H](C(=O)O)C(C)C. The number of nitrogens with one attached hydrogen (secondary N) is 4. The van der Waals surface area contributed by atoms with Gasteiger partial charge in [0, 0.05) is 6.42 Å². The van der Waals surface area contributed by atoms with Gasteiger partial charge in [0.1, 0.15) is 18.1 Å². The molecule has 0 heterocycles. The summed E-state index contributed by atoms with van der Waals surface area (Å²) < 4.78 is 0. The minimum absolute atomic E-state index is 0.209. The van der Waals surface area contributed by atoms with Crippen molar-refractivity contribution in [3.8, 4) is 0 Å². The van der Waals surface area contributed by atoms with E-state index in [0.717, 1.165) is 17.5 Å². The highest BCUT2D eigenvalue weighted by Gasteiger charge is 2.33. The lowest BCUT2D eigenvalue weighted by Gasteiger charge is -2.30. The Bertz CT molecular complexity index is 1320. The topological polar surface area (TPSA) is 174 Å². The number of carbonyl (C=O) groups excluding carboxylic acids is 4. The second-order valence-corrected chi connectivity index (χ2v) is 13.2. The van der Waals surface area contributed by atoms with Gasteiger partial charge >= 0.3 is 5.97 Å². The molecule has 0 bridgehead atoms. The summed E-state index contributed by atoms with van der Waals surface area (Å²) in [4.78, 5) is 64.4. The van der Waals surface area contributed by atoms with E-state index in [1.165, 1.54) is 0 Å². The van der Waals surface area contributed by atoms with Crippen LogP contribution in [0.3, 0.4) is 0 Å². The Morgan fingerprint density at radius 3 is 1.71 bits per heavy atom. The number of rotatable bonds is 20. The van der Waals surface area contributed by atoms with E-state index < -0.39 is 60.4 Å². The molecule has 2 aromatic carbocycles. The molecular formula is C37H54N4O7. The molecule has 6 atom stereocenters. The highest BCUT2D eigenvalue weighted by atomic mass is 16.4. The minimum atomic E-state index is -1.34. The van der Waals surface area contributed by atoms with E-state index in [0.29, 0.717) is 12.8 Å². The molecule has 264 valence electrons. The molecule has 2 aromatic rings. The lowest BCUT2D eigenvalue weighted by atomic mass is 9.95. The molecule has 0 aliphatic carbocycles. The Kier molecular flexibility index (Phi) is 16.8. The monoisotopic (exact) mass is 666 g/mol. The van der Waals surface area contributed by atoms with Crippen LogP contribution in [-0.4, -0.2) is 70.1 Å². The van der Waals surface area contributed by atoms with Crippen LogP contribution >= 0.6 is 0 Å². The second kappa shape index (κ2) is 20.2. The van der Waals surface area contributed by atoms with Crippen molar-refractivity contribution in [2.45, 2.75) is 110 Å². The largest absolute Gasteiger partial charge is 0.480 e. The van der Waals surface area contributed by atoms with Crippen molar-refractivity contribution in [2.24, 2.45) is 17.8 Å². The third-order valence-electron chi connectivity index (χ3n) is 8.51. The number of aliphatic carboxylic acids is 1. The van der Waals surface area contributed by atoms with Gasteiger partial charge in [0.15, 0.2) is 0 Å². The summed E-state index contributed by atoms with van der Waals surface area (Å²) in [6, 6.07) is 15.1. The summed E-state index contributed by atoms with van der Waals surface area (Å²) in [6.07, 6.45) is 0.572. The maximum absolute atomic E-state index is 13.6. The van der Waals surface area contributed by atoms with E-state index in [9.17, 15) is 34.2 Å². The third kappa shape index (κ3) is 13.5. The predicted octanol–water partition coefficient (Wildman–Crippen LogP) is 3.38. The van der Waals surface area contributed by atoms with Crippen molar-refractivity contribution >= 4 is 29.6 Å². The number of carboxylic acids is 1. The Labute approximate surface area is 284 Å². The van der Waals surface area contributed by atoms with Crippen molar-refractivity contribution in [3.05, 3.63) is 71.8 Å². The van der Waals surface area contributed by atoms with E-state index in [-0.39, 0.29) is 36.5 Å². The molecule has 2 unspecified atom stereocenters. The number of carbonyl (C=O) groups is 5. The predicted molar refractivity (Wildman–Crippen MR) is 185 cm³/mol. The number of amides is 4. The molecule has 0 aromatic heterocycles. The van der Waals surface area contributed by atoms with Crippen molar-refractivity contribution in [2.75, 3.05) is 0 Å². The molecule has 11 nitrogen and oxygen atoms in total. The van der Waals surface area contributed by atoms with Gasteiger partial charge in [-0.1, -0.05) is 109 Å². The highest BCUT2D eigenvalue weighted by Crippen LogP contribution is 2.14. The summed E-state index contributed by atoms with van der Waals surface area (Å²) in [7, 11) is 0. The van der Waals surface area contributed by atoms with E-state index >= 15 is 0 Å². The normalized spacial score (nSPS) is 15.0. The maximum Gasteiger partial charge on any atom is 0.326 e. The first-order valence-electron chi connectivity index (χ1n) is 16.9. The number of hydrogen-bond donors (Lipinski definition) is 6. The fourth-order valence-corrected chi connectivity index (χ4v) is 5.33. The van der Waals surface area contributed by atoms with Gasteiger partial charge in [-0.2, -0.15) is 0 Å².